The molecule has 0 aliphatic carbocycles. The Balaban J connectivity index is 1.53. The van der Waals surface area contributed by atoms with E-state index in [1.54, 1.807) is 12.1 Å². The van der Waals surface area contributed by atoms with Crippen LogP contribution in [0.5, 0.6) is 5.75 Å². The molecule has 0 aliphatic heterocycles. The molecule has 0 unspecified atom stereocenters. The number of aromatic amines is 1. The number of carbonyl (C=O) groups is 1. The number of phenols is 1. The lowest BCUT2D eigenvalue weighted by atomic mass is 10.1. The second-order valence-electron chi connectivity index (χ2n) is 5.82. The van der Waals surface area contributed by atoms with Crippen molar-refractivity contribution in [2.45, 2.75) is 19.8 Å². The molecule has 0 fully saturated rings. The number of aromatic hydroxyl groups is 1. The van der Waals surface area contributed by atoms with Gasteiger partial charge in [-0.3, -0.25) is 4.79 Å². The number of carbonyl (C=O) groups excluding carboxylic acids is 1. The maximum Gasteiger partial charge on any atom is 0.222 e. The molecule has 7 nitrogen and oxygen atoms in total. The van der Waals surface area contributed by atoms with Crippen LogP contribution in [0, 0.1) is 0 Å². The molecule has 0 saturated carbocycles. The fourth-order valence-electron chi connectivity index (χ4n) is 2.55. The molecule has 1 aromatic carbocycles. The van der Waals surface area contributed by atoms with Gasteiger partial charge in [0.1, 0.15) is 5.75 Å². The monoisotopic (exact) mass is 364 g/mol. The van der Waals surface area contributed by atoms with Gasteiger partial charge in [0, 0.05) is 36.7 Å². The summed E-state index contributed by atoms with van der Waals surface area (Å²) in [7, 11) is 0. The van der Waals surface area contributed by atoms with Gasteiger partial charge in [-0.05, 0) is 37.1 Å². The van der Waals surface area contributed by atoms with Crippen LogP contribution in [0.1, 0.15) is 18.9 Å². The van der Waals surface area contributed by atoms with Crippen molar-refractivity contribution in [2.24, 2.45) is 0 Å². The van der Waals surface area contributed by atoms with Crippen LogP contribution in [0.15, 0.2) is 24.4 Å². The minimum Gasteiger partial charge on any atom is -0.508 e. The van der Waals surface area contributed by atoms with E-state index < -0.39 is 0 Å². The second kappa shape index (κ2) is 11.5. The molecule has 1 heterocycles. The average molecular weight is 364 g/mol. The van der Waals surface area contributed by atoms with Gasteiger partial charge < -0.3 is 29.6 Å². The van der Waals surface area contributed by atoms with Gasteiger partial charge in [-0.25, -0.2) is 0 Å². The summed E-state index contributed by atoms with van der Waals surface area (Å²) in [4.78, 5) is 15.0. The zero-order valence-electron chi connectivity index (χ0n) is 15.3. The minimum atomic E-state index is -0.0371. The molecule has 7 heteroatoms. The van der Waals surface area contributed by atoms with Crippen molar-refractivity contribution >= 4 is 16.8 Å². The number of amides is 1. The third kappa shape index (κ3) is 7.03. The van der Waals surface area contributed by atoms with E-state index in [4.69, 9.17) is 14.2 Å². The third-order valence-corrected chi connectivity index (χ3v) is 3.89. The summed E-state index contributed by atoms with van der Waals surface area (Å²) in [5.74, 6) is 0.200. The summed E-state index contributed by atoms with van der Waals surface area (Å²) in [6.07, 6.45) is 2.93. The van der Waals surface area contributed by atoms with E-state index in [2.05, 4.69) is 10.3 Å². The number of hydrogen-bond donors (Lipinski definition) is 3. The molecule has 144 valence electrons. The zero-order chi connectivity index (χ0) is 18.6. The predicted octanol–water partition coefficient (Wildman–Crippen LogP) is 1.99. The third-order valence-electron chi connectivity index (χ3n) is 3.89. The zero-order valence-corrected chi connectivity index (χ0v) is 15.3. The van der Waals surface area contributed by atoms with Crippen LogP contribution in [0.4, 0.5) is 0 Å². The summed E-state index contributed by atoms with van der Waals surface area (Å²) < 4.78 is 15.8. The van der Waals surface area contributed by atoms with E-state index in [0.29, 0.717) is 59.0 Å². The molecule has 3 N–H and O–H groups in total. The Morgan fingerprint density at radius 3 is 2.62 bits per heavy atom. The molecule has 2 rings (SSSR count). The Hall–Kier alpha value is -2.09. The molecule has 0 saturated heterocycles. The molecule has 2 aromatic rings. The number of H-pyrrole nitrogens is 1. The first-order valence-corrected chi connectivity index (χ1v) is 8.99. The molecule has 0 atom stereocenters. The van der Waals surface area contributed by atoms with E-state index in [-0.39, 0.29) is 11.7 Å². The molecule has 0 bridgehead atoms. The summed E-state index contributed by atoms with van der Waals surface area (Å²) in [5.41, 5.74) is 2.04. The van der Waals surface area contributed by atoms with Crippen LogP contribution in [0.2, 0.25) is 0 Å². The Morgan fingerprint density at radius 1 is 1.12 bits per heavy atom. The van der Waals surface area contributed by atoms with Gasteiger partial charge in [-0.1, -0.05) is 0 Å². The standard InChI is InChI=1S/C19H28N2O5/c1-2-24-9-10-26-12-11-25-8-6-19(23)20-7-5-15-14-21-18-4-3-16(22)13-17(15)18/h3-4,13-14,21-22H,2,5-12H2,1H3,(H,20,23). The Labute approximate surface area is 153 Å². The summed E-state index contributed by atoms with van der Waals surface area (Å²) in [6, 6.07) is 5.21. The van der Waals surface area contributed by atoms with Crippen LogP contribution < -0.4 is 5.32 Å². The van der Waals surface area contributed by atoms with Gasteiger partial charge >= 0.3 is 0 Å². The van der Waals surface area contributed by atoms with Gasteiger partial charge in [-0.2, -0.15) is 0 Å². The van der Waals surface area contributed by atoms with Crippen LogP contribution >= 0.6 is 0 Å². The van der Waals surface area contributed by atoms with Crippen molar-refractivity contribution in [1.29, 1.82) is 0 Å². The Kier molecular flexibility index (Phi) is 8.95. The summed E-state index contributed by atoms with van der Waals surface area (Å²) in [6.45, 7) is 5.68. The number of rotatable bonds is 13. The highest BCUT2D eigenvalue weighted by Crippen LogP contribution is 2.22. The molecule has 1 aromatic heterocycles. The van der Waals surface area contributed by atoms with Crippen molar-refractivity contribution in [1.82, 2.24) is 10.3 Å². The first kappa shape index (κ1) is 20.2. The van der Waals surface area contributed by atoms with Gasteiger partial charge in [0.25, 0.3) is 0 Å². The van der Waals surface area contributed by atoms with E-state index in [0.717, 1.165) is 16.5 Å². The SMILES string of the molecule is CCOCCOCCOCCC(=O)NCCc1c[nH]c2ccc(O)cc12. The molecule has 0 radical (unpaired) electrons. The lowest BCUT2D eigenvalue weighted by Gasteiger charge is -2.07. The number of hydrogen-bond acceptors (Lipinski definition) is 5. The number of fused-ring (bicyclic) bond motifs is 1. The van der Waals surface area contributed by atoms with E-state index in [9.17, 15) is 9.90 Å². The number of ether oxygens (including phenoxy) is 3. The van der Waals surface area contributed by atoms with Crippen LogP contribution in [0.3, 0.4) is 0 Å². The normalized spacial score (nSPS) is 11.1. The molecular formula is C19H28N2O5. The highest BCUT2D eigenvalue weighted by atomic mass is 16.5. The predicted molar refractivity (Wildman–Crippen MR) is 99.4 cm³/mol. The Morgan fingerprint density at radius 2 is 1.85 bits per heavy atom. The molecule has 26 heavy (non-hydrogen) atoms. The fraction of sp³-hybridized carbons (Fsp3) is 0.526. The van der Waals surface area contributed by atoms with E-state index >= 15 is 0 Å². The van der Waals surface area contributed by atoms with Gasteiger partial charge in [0.15, 0.2) is 0 Å². The number of benzene rings is 1. The average Bonchev–Trinajstić information content (AvgIpc) is 3.02. The van der Waals surface area contributed by atoms with Crippen LogP contribution in [0.25, 0.3) is 10.9 Å². The van der Waals surface area contributed by atoms with E-state index in [1.807, 2.05) is 19.2 Å². The first-order chi connectivity index (χ1) is 12.7. The van der Waals surface area contributed by atoms with Gasteiger partial charge in [-0.15, -0.1) is 0 Å². The smallest absolute Gasteiger partial charge is 0.222 e. The fourth-order valence-corrected chi connectivity index (χ4v) is 2.55. The quantitative estimate of drug-likeness (QED) is 0.473. The first-order valence-electron chi connectivity index (χ1n) is 8.99. The maximum absolute atomic E-state index is 11.8. The van der Waals surface area contributed by atoms with Crippen molar-refractivity contribution in [3.63, 3.8) is 0 Å². The summed E-state index contributed by atoms with van der Waals surface area (Å²) >= 11 is 0. The van der Waals surface area contributed by atoms with Crippen LogP contribution in [-0.4, -0.2) is 62.2 Å². The van der Waals surface area contributed by atoms with Gasteiger partial charge in [0.2, 0.25) is 5.91 Å². The largest absolute Gasteiger partial charge is 0.508 e. The van der Waals surface area contributed by atoms with Crippen molar-refractivity contribution < 1.29 is 24.1 Å². The minimum absolute atomic E-state index is 0.0371. The molecular weight excluding hydrogens is 336 g/mol. The van der Waals surface area contributed by atoms with Crippen LogP contribution in [-0.2, 0) is 25.4 Å². The van der Waals surface area contributed by atoms with Crippen molar-refractivity contribution in [2.75, 3.05) is 46.2 Å². The van der Waals surface area contributed by atoms with Crippen molar-refractivity contribution in [3.05, 3.63) is 30.0 Å². The van der Waals surface area contributed by atoms with Crippen molar-refractivity contribution in [3.8, 4) is 5.75 Å². The number of phenolic OH excluding ortho intramolecular Hbond substituents is 1. The highest BCUT2D eigenvalue weighted by molar-refractivity contribution is 5.84. The maximum atomic E-state index is 11.8. The lowest BCUT2D eigenvalue weighted by Crippen LogP contribution is -2.26. The lowest BCUT2D eigenvalue weighted by molar-refractivity contribution is -0.122. The highest BCUT2D eigenvalue weighted by Gasteiger charge is 2.06. The summed E-state index contributed by atoms with van der Waals surface area (Å²) in [5, 5.41) is 13.4. The molecule has 0 aliphatic rings. The van der Waals surface area contributed by atoms with Gasteiger partial charge in [0.05, 0.1) is 33.0 Å². The second-order valence-corrected chi connectivity index (χ2v) is 5.82. The number of aromatic nitrogens is 1. The Bertz CT molecular complexity index is 671. The number of nitrogens with one attached hydrogen (secondary N) is 2. The molecule has 1 amide bonds. The topological polar surface area (TPSA) is 92.8 Å². The van der Waals surface area contributed by atoms with E-state index in [1.165, 1.54) is 0 Å². The molecule has 0 spiro atoms.